The fourth-order valence-corrected chi connectivity index (χ4v) is 0.771. The van der Waals surface area contributed by atoms with Crippen LogP contribution < -0.4 is 0 Å². The average Bonchev–Trinajstić information content (AvgIpc) is 1.97. The fraction of sp³-hybridized carbons (Fsp3) is 0.600. The number of hydrogen-bond donors (Lipinski definition) is 0. The highest BCUT2D eigenvalue weighted by molar-refractivity contribution is 5.10. The molecule has 0 spiro atoms. The van der Waals surface area contributed by atoms with E-state index in [2.05, 4.69) is 18.8 Å². The first-order valence-corrected chi connectivity index (χ1v) is 3.93. The molecular weight excluding hydrogens is 120 g/mol. The zero-order valence-corrected chi connectivity index (χ0v) is 6.69. The summed E-state index contributed by atoms with van der Waals surface area (Å²) < 4.78 is 0. The van der Waals surface area contributed by atoms with E-state index in [0.29, 0.717) is 0 Å². The highest BCUT2D eigenvalue weighted by Crippen LogP contribution is 2.00. The lowest BCUT2D eigenvalue weighted by Gasteiger charge is -1.90. The first-order valence-electron chi connectivity index (χ1n) is 3.93. The van der Waals surface area contributed by atoms with Gasteiger partial charge in [0.25, 0.3) is 0 Å². The van der Waals surface area contributed by atoms with Crippen LogP contribution in [0.25, 0.3) is 0 Å². The summed E-state index contributed by atoms with van der Waals surface area (Å²) in [5, 5.41) is 0. The van der Waals surface area contributed by atoms with Crippen LogP contribution in [0.1, 0.15) is 39.0 Å². The second-order valence-electron chi connectivity index (χ2n) is 2.30. The molecule has 0 fully saturated rings. The van der Waals surface area contributed by atoms with Crippen molar-refractivity contribution in [3.8, 4) is 11.8 Å². The maximum atomic E-state index is 5.07. The molecule has 0 rings (SSSR count). The zero-order chi connectivity index (χ0) is 7.66. The van der Waals surface area contributed by atoms with Gasteiger partial charge in [-0.1, -0.05) is 44.6 Å². The van der Waals surface area contributed by atoms with E-state index in [4.69, 9.17) is 6.58 Å². The van der Waals surface area contributed by atoms with E-state index in [1.807, 2.05) is 0 Å². The summed E-state index contributed by atoms with van der Waals surface area (Å²) in [4.78, 5) is 0. The SMILES string of the molecule is [CH]=CC#CCCCCCC. The summed E-state index contributed by atoms with van der Waals surface area (Å²) in [5.74, 6) is 5.69. The molecule has 0 amide bonds. The minimum Gasteiger partial charge on any atom is -0.0985 e. The van der Waals surface area contributed by atoms with Gasteiger partial charge in [-0.15, -0.1) is 0 Å². The third-order valence-corrected chi connectivity index (χ3v) is 1.34. The largest absolute Gasteiger partial charge is 0.0985 e. The molecule has 55 valence electrons. The van der Waals surface area contributed by atoms with Crippen molar-refractivity contribution in [1.29, 1.82) is 0 Å². The van der Waals surface area contributed by atoms with Gasteiger partial charge in [0.2, 0.25) is 0 Å². The summed E-state index contributed by atoms with van der Waals surface area (Å²) in [5.41, 5.74) is 0. The molecule has 0 aliphatic rings. The molecule has 0 heterocycles. The quantitative estimate of drug-likeness (QED) is 0.410. The minimum absolute atomic E-state index is 0.994. The number of hydrogen-bond acceptors (Lipinski definition) is 0. The highest BCUT2D eigenvalue weighted by atomic mass is 13.9. The van der Waals surface area contributed by atoms with Crippen LogP contribution in [0, 0.1) is 18.4 Å². The van der Waals surface area contributed by atoms with E-state index in [-0.39, 0.29) is 0 Å². The van der Waals surface area contributed by atoms with E-state index < -0.39 is 0 Å². The molecule has 0 nitrogen and oxygen atoms in total. The maximum absolute atomic E-state index is 5.07. The van der Waals surface area contributed by atoms with Gasteiger partial charge in [-0.05, 0) is 12.5 Å². The van der Waals surface area contributed by atoms with Crippen LogP contribution >= 0.6 is 0 Å². The molecule has 0 saturated heterocycles. The van der Waals surface area contributed by atoms with Gasteiger partial charge in [-0.3, -0.25) is 0 Å². The monoisotopic (exact) mass is 135 g/mol. The Bertz CT molecular complexity index is 123. The van der Waals surface area contributed by atoms with Crippen molar-refractivity contribution in [3.63, 3.8) is 0 Å². The summed E-state index contributed by atoms with van der Waals surface area (Å²) in [6, 6.07) is 0. The lowest BCUT2D eigenvalue weighted by atomic mass is 10.2. The van der Waals surface area contributed by atoms with E-state index in [0.717, 1.165) is 6.42 Å². The Morgan fingerprint density at radius 1 is 1.30 bits per heavy atom. The molecule has 1 radical (unpaired) electrons. The number of unbranched alkanes of at least 4 members (excludes halogenated alkanes) is 4. The Hall–Kier alpha value is -0.700. The van der Waals surface area contributed by atoms with E-state index in [1.54, 1.807) is 0 Å². The van der Waals surface area contributed by atoms with E-state index in [1.165, 1.54) is 31.8 Å². The normalized spacial score (nSPS) is 8.10. The molecule has 0 unspecified atom stereocenters. The second-order valence-corrected chi connectivity index (χ2v) is 2.30. The molecule has 0 saturated carbocycles. The van der Waals surface area contributed by atoms with Crippen molar-refractivity contribution in [3.05, 3.63) is 12.7 Å². The molecule has 0 heteroatoms. The molecule has 0 aliphatic heterocycles. The average molecular weight is 135 g/mol. The smallest absolute Gasteiger partial charge is 0.00922 e. The van der Waals surface area contributed by atoms with Crippen LogP contribution in [0.15, 0.2) is 6.08 Å². The third kappa shape index (κ3) is 7.30. The van der Waals surface area contributed by atoms with Crippen molar-refractivity contribution in [2.45, 2.75) is 39.0 Å². The van der Waals surface area contributed by atoms with Crippen molar-refractivity contribution < 1.29 is 0 Å². The van der Waals surface area contributed by atoms with Crippen LogP contribution in [-0.2, 0) is 0 Å². The van der Waals surface area contributed by atoms with Crippen LogP contribution in [0.4, 0.5) is 0 Å². The predicted octanol–water partition coefficient (Wildman–Crippen LogP) is 2.95. The number of allylic oxidation sites excluding steroid dienone is 1. The van der Waals surface area contributed by atoms with Crippen LogP contribution in [-0.4, -0.2) is 0 Å². The van der Waals surface area contributed by atoms with Crippen LogP contribution in [0.5, 0.6) is 0 Å². The van der Waals surface area contributed by atoms with Gasteiger partial charge in [0.1, 0.15) is 0 Å². The first kappa shape index (κ1) is 9.30. The molecule has 0 aliphatic carbocycles. The third-order valence-electron chi connectivity index (χ3n) is 1.34. The zero-order valence-electron chi connectivity index (χ0n) is 6.69. The Morgan fingerprint density at radius 3 is 2.70 bits per heavy atom. The minimum atomic E-state index is 0.994. The van der Waals surface area contributed by atoms with Gasteiger partial charge in [0, 0.05) is 6.42 Å². The molecule has 10 heavy (non-hydrogen) atoms. The summed E-state index contributed by atoms with van der Waals surface area (Å²) in [6.07, 6.45) is 7.53. The summed E-state index contributed by atoms with van der Waals surface area (Å²) in [6.45, 7) is 7.28. The van der Waals surface area contributed by atoms with E-state index >= 15 is 0 Å². The molecule has 0 aromatic rings. The highest BCUT2D eigenvalue weighted by Gasteiger charge is 1.82. The van der Waals surface area contributed by atoms with Gasteiger partial charge in [-0.25, -0.2) is 0 Å². The Kier molecular flexibility index (Phi) is 7.72. The first-order chi connectivity index (χ1) is 4.91. The maximum Gasteiger partial charge on any atom is 0.00922 e. The molecule has 0 atom stereocenters. The molecule has 0 aromatic heterocycles. The van der Waals surface area contributed by atoms with Crippen molar-refractivity contribution >= 4 is 0 Å². The topological polar surface area (TPSA) is 0 Å². The summed E-state index contributed by atoms with van der Waals surface area (Å²) in [7, 11) is 0. The summed E-state index contributed by atoms with van der Waals surface area (Å²) >= 11 is 0. The molecular formula is C10H15. The standard InChI is InChI=1S/C10H15/c1-3-5-7-9-10-8-6-4-2/h1,3H,4,6,8-10H2,2H3. The number of rotatable bonds is 4. The second kappa shape index (κ2) is 8.30. The van der Waals surface area contributed by atoms with Crippen LogP contribution in [0.2, 0.25) is 0 Å². The van der Waals surface area contributed by atoms with Crippen molar-refractivity contribution in [2.24, 2.45) is 0 Å². The lowest BCUT2D eigenvalue weighted by Crippen LogP contribution is -1.73. The van der Waals surface area contributed by atoms with Gasteiger partial charge < -0.3 is 0 Å². The van der Waals surface area contributed by atoms with Crippen molar-refractivity contribution in [2.75, 3.05) is 0 Å². The van der Waals surface area contributed by atoms with Crippen LogP contribution in [0.3, 0.4) is 0 Å². The Labute approximate surface area is 64.3 Å². The van der Waals surface area contributed by atoms with E-state index in [9.17, 15) is 0 Å². The van der Waals surface area contributed by atoms with Gasteiger partial charge in [0.05, 0.1) is 0 Å². The fourth-order valence-electron chi connectivity index (χ4n) is 0.771. The predicted molar refractivity (Wildman–Crippen MR) is 45.4 cm³/mol. The van der Waals surface area contributed by atoms with Gasteiger partial charge in [-0.2, -0.15) is 0 Å². The van der Waals surface area contributed by atoms with Crippen molar-refractivity contribution in [1.82, 2.24) is 0 Å². The molecule has 0 N–H and O–H groups in total. The van der Waals surface area contributed by atoms with Gasteiger partial charge >= 0.3 is 0 Å². The Balaban J connectivity index is 2.97. The molecule has 0 aromatic carbocycles. The van der Waals surface area contributed by atoms with Gasteiger partial charge in [0.15, 0.2) is 0 Å². The Morgan fingerprint density at radius 2 is 2.10 bits per heavy atom. The molecule has 0 bridgehead atoms. The lowest BCUT2D eigenvalue weighted by molar-refractivity contribution is 0.679.